The summed E-state index contributed by atoms with van der Waals surface area (Å²) in [6, 6.07) is 15.0. The highest BCUT2D eigenvalue weighted by Gasteiger charge is 2.13. The topological polar surface area (TPSA) is 55.2 Å². The molecule has 1 aliphatic heterocycles. The molecule has 0 amide bonds. The van der Waals surface area contributed by atoms with E-state index in [0.29, 0.717) is 0 Å². The normalized spacial score (nSPS) is 14.0. The molecule has 3 heterocycles. The summed E-state index contributed by atoms with van der Waals surface area (Å²) in [6.07, 6.45) is 6.49. The second-order valence-electron chi connectivity index (χ2n) is 7.47. The quantitative estimate of drug-likeness (QED) is 0.458. The van der Waals surface area contributed by atoms with E-state index < -0.39 is 0 Å². The number of nitrogens with zero attached hydrogens (tertiary/aromatic N) is 4. The van der Waals surface area contributed by atoms with Crippen molar-refractivity contribution in [2.45, 2.75) is 13.3 Å². The third-order valence-electron chi connectivity index (χ3n) is 5.56. The van der Waals surface area contributed by atoms with Gasteiger partial charge < -0.3 is 19.5 Å². The van der Waals surface area contributed by atoms with Crippen LogP contribution in [-0.4, -0.2) is 40.8 Å². The van der Waals surface area contributed by atoms with E-state index in [2.05, 4.69) is 70.0 Å². The largest absolute Gasteiger partial charge is 0.378 e. The zero-order valence-electron chi connectivity index (χ0n) is 17.5. The van der Waals surface area contributed by atoms with E-state index in [1.165, 1.54) is 11.3 Å². The molecule has 4 aromatic rings. The van der Waals surface area contributed by atoms with E-state index in [4.69, 9.17) is 9.72 Å². The van der Waals surface area contributed by atoms with Crippen molar-refractivity contribution in [3.8, 4) is 16.9 Å². The van der Waals surface area contributed by atoms with Gasteiger partial charge in [-0.3, -0.25) is 0 Å². The first-order valence-electron chi connectivity index (χ1n) is 10.6. The van der Waals surface area contributed by atoms with E-state index >= 15 is 0 Å². The molecule has 6 nitrogen and oxygen atoms in total. The molecule has 7 heteroatoms. The lowest BCUT2D eigenvalue weighted by Crippen LogP contribution is -2.36. The number of benzene rings is 2. The van der Waals surface area contributed by atoms with E-state index in [1.807, 2.05) is 10.8 Å². The number of thiazole rings is 1. The molecule has 0 atom stereocenters. The van der Waals surface area contributed by atoms with E-state index in [0.717, 1.165) is 60.5 Å². The summed E-state index contributed by atoms with van der Waals surface area (Å²) in [6.45, 7) is 5.69. The summed E-state index contributed by atoms with van der Waals surface area (Å²) in [5.41, 5.74) is 6.85. The molecule has 1 fully saturated rings. The Kier molecular flexibility index (Phi) is 5.69. The fourth-order valence-electron chi connectivity index (χ4n) is 3.81. The Balaban J connectivity index is 1.32. The Morgan fingerprint density at radius 3 is 2.61 bits per heavy atom. The number of ether oxygens (including phenoxy) is 1. The number of nitrogens with one attached hydrogen (secondary N) is 1. The summed E-state index contributed by atoms with van der Waals surface area (Å²) < 4.78 is 7.47. The fraction of sp³-hybridized carbons (Fsp3) is 0.250. The average Bonchev–Trinajstić information content (AvgIpc) is 3.53. The van der Waals surface area contributed by atoms with E-state index in [1.54, 1.807) is 23.9 Å². The van der Waals surface area contributed by atoms with Gasteiger partial charge in [-0.05, 0) is 42.3 Å². The van der Waals surface area contributed by atoms with Gasteiger partial charge in [0.1, 0.15) is 0 Å². The van der Waals surface area contributed by atoms with E-state index in [-0.39, 0.29) is 0 Å². The number of anilines is 3. The van der Waals surface area contributed by atoms with Crippen LogP contribution < -0.4 is 10.2 Å². The molecule has 0 saturated carbocycles. The number of rotatable bonds is 6. The smallest absolute Gasteiger partial charge is 0.187 e. The van der Waals surface area contributed by atoms with Gasteiger partial charge in [0, 0.05) is 53.5 Å². The van der Waals surface area contributed by atoms with Crippen molar-refractivity contribution in [3.05, 3.63) is 72.1 Å². The average molecular weight is 432 g/mol. The summed E-state index contributed by atoms with van der Waals surface area (Å²) in [5, 5.41) is 6.53. The Bertz CT molecular complexity index is 1130. The lowest BCUT2D eigenvalue weighted by molar-refractivity contribution is 0.122. The molecule has 158 valence electrons. The highest BCUT2D eigenvalue weighted by Crippen LogP contribution is 2.31. The van der Waals surface area contributed by atoms with Crippen molar-refractivity contribution in [3.63, 3.8) is 0 Å². The van der Waals surface area contributed by atoms with Gasteiger partial charge in [0.2, 0.25) is 0 Å². The van der Waals surface area contributed by atoms with Crippen molar-refractivity contribution < 1.29 is 4.74 Å². The van der Waals surface area contributed by atoms with Gasteiger partial charge in [0.15, 0.2) is 5.13 Å². The van der Waals surface area contributed by atoms with Crippen LogP contribution in [0.5, 0.6) is 0 Å². The Labute approximate surface area is 186 Å². The monoisotopic (exact) mass is 431 g/mol. The van der Waals surface area contributed by atoms with E-state index in [9.17, 15) is 0 Å². The molecular weight excluding hydrogens is 406 g/mol. The minimum absolute atomic E-state index is 0.798. The number of morpholine rings is 1. The van der Waals surface area contributed by atoms with Gasteiger partial charge >= 0.3 is 0 Å². The number of hydrogen-bond acceptors (Lipinski definition) is 6. The molecule has 1 N–H and O–H groups in total. The minimum atomic E-state index is 0.798. The maximum absolute atomic E-state index is 5.48. The molecule has 0 aliphatic carbocycles. The summed E-state index contributed by atoms with van der Waals surface area (Å²) in [7, 11) is 0. The Hall–Kier alpha value is -3.16. The third-order valence-corrected chi connectivity index (χ3v) is 6.32. The zero-order valence-corrected chi connectivity index (χ0v) is 18.3. The van der Waals surface area contributed by atoms with Gasteiger partial charge in [-0.2, -0.15) is 0 Å². The summed E-state index contributed by atoms with van der Waals surface area (Å²) in [4.78, 5) is 11.3. The maximum Gasteiger partial charge on any atom is 0.187 e. The molecule has 31 heavy (non-hydrogen) atoms. The first kappa shape index (κ1) is 19.8. The fourth-order valence-corrected chi connectivity index (χ4v) is 4.54. The predicted octanol–water partition coefficient (Wildman–Crippen LogP) is 5.14. The highest BCUT2D eigenvalue weighted by atomic mass is 32.1. The molecule has 2 aromatic carbocycles. The molecule has 0 spiro atoms. The van der Waals surface area contributed by atoms with Gasteiger partial charge in [0.05, 0.1) is 25.2 Å². The van der Waals surface area contributed by atoms with Crippen molar-refractivity contribution >= 4 is 27.8 Å². The second kappa shape index (κ2) is 8.91. The predicted molar refractivity (Wildman–Crippen MR) is 127 cm³/mol. The second-order valence-corrected chi connectivity index (χ2v) is 8.33. The third kappa shape index (κ3) is 4.33. The SMILES string of the molecule is CCc1cc(N2CCOCC2)ccc1Nc1nc(-c2ccc(-n3ccnc3)cc2)cs1. The van der Waals surface area contributed by atoms with Crippen LogP contribution in [0.2, 0.25) is 0 Å². The molecule has 1 saturated heterocycles. The number of imidazole rings is 1. The van der Waals surface area contributed by atoms with Crippen LogP contribution in [0.4, 0.5) is 16.5 Å². The van der Waals surface area contributed by atoms with Crippen LogP contribution in [0.1, 0.15) is 12.5 Å². The van der Waals surface area contributed by atoms with Crippen LogP contribution in [0, 0.1) is 0 Å². The van der Waals surface area contributed by atoms with Crippen LogP contribution in [0.15, 0.2) is 66.6 Å². The molecule has 1 aliphatic rings. The number of aryl methyl sites for hydroxylation is 1. The van der Waals surface area contributed by atoms with Crippen molar-refractivity contribution in [2.24, 2.45) is 0 Å². The van der Waals surface area contributed by atoms with Gasteiger partial charge in [-0.25, -0.2) is 9.97 Å². The standard InChI is InChI=1S/C24H25N5OS/c1-2-18-15-21(28-11-13-30-14-12-28)7-8-22(18)26-24-27-23(16-31-24)19-3-5-20(6-4-19)29-10-9-25-17-29/h3-10,15-17H,2,11-14H2,1H3,(H,26,27). The number of hydrogen-bond donors (Lipinski definition) is 1. The van der Waals surface area contributed by atoms with Crippen LogP contribution in [-0.2, 0) is 11.2 Å². The maximum atomic E-state index is 5.48. The molecule has 5 rings (SSSR count). The summed E-state index contributed by atoms with van der Waals surface area (Å²) >= 11 is 1.63. The van der Waals surface area contributed by atoms with Crippen LogP contribution in [0.25, 0.3) is 16.9 Å². The molecule has 0 unspecified atom stereocenters. The van der Waals surface area contributed by atoms with Gasteiger partial charge in [-0.1, -0.05) is 19.1 Å². The van der Waals surface area contributed by atoms with Gasteiger partial charge in [0.25, 0.3) is 0 Å². The first-order chi connectivity index (χ1) is 15.3. The molecule has 0 radical (unpaired) electrons. The van der Waals surface area contributed by atoms with Gasteiger partial charge in [-0.15, -0.1) is 11.3 Å². The lowest BCUT2D eigenvalue weighted by Gasteiger charge is -2.29. The van der Waals surface area contributed by atoms with Crippen molar-refractivity contribution in [1.82, 2.24) is 14.5 Å². The molecular formula is C24H25N5OS. The highest BCUT2D eigenvalue weighted by molar-refractivity contribution is 7.14. The lowest BCUT2D eigenvalue weighted by atomic mass is 10.1. The van der Waals surface area contributed by atoms with Crippen LogP contribution >= 0.6 is 11.3 Å². The Morgan fingerprint density at radius 1 is 1.06 bits per heavy atom. The molecule has 0 bridgehead atoms. The van der Waals surface area contributed by atoms with Crippen molar-refractivity contribution in [1.29, 1.82) is 0 Å². The first-order valence-corrected chi connectivity index (χ1v) is 11.4. The van der Waals surface area contributed by atoms with Crippen LogP contribution in [0.3, 0.4) is 0 Å². The summed E-state index contributed by atoms with van der Waals surface area (Å²) in [5.74, 6) is 0. The number of aromatic nitrogens is 3. The van der Waals surface area contributed by atoms with Crippen molar-refractivity contribution in [2.75, 3.05) is 36.5 Å². The molecule has 2 aromatic heterocycles. The zero-order chi connectivity index (χ0) is 21.0. The Morgan fingerprint density at radius 2 is 1.87 bits per heavy atom. The minimum Gasteiger partial charge on any atom is -0.378 e.